The zero-order valence-corrected chi connectivity index (χ0v) is 11.0. The minimum atomic E-state index is -0.618. The first kappa shape index (κ1) is 13.7. The van der Waals surface area contributed by atoms with Gasteiger partial charge in [-0.15, -0.1) is 0 Å². The normalized spacial score (nSPS) is 12.9. The molecule has 102 valence electrons. The lowest BCUT2D eigenvalue weighted by Gasteiger charge is -2.11. The van der Waals surface area contributed by atoms with Gasteiger partial charge < -0.3 is 10.7 Å². The molecule has 19 heavy (non-hydrogen) atoms. The summed E-state index contributed by atoms with van der Waals surface area (Å²) in [5.41, 5.74) is 6.80. The van der Waals surface area contributed by atoms with Crippen LogP contribution in [0.1, 0.15) is 32.1 Å². The molecule has 1 atom stereocenters. The lowest BCUT2D eigenvalue weighted by atomic mass is 10.0. The highest BCUT2D eigenvalue weighted by molar-refractivity contribution is 5.59. The summed E-state index contributed by atoms with van der Waals surface area (Å²) < 4.78 is 26.5. The van der Waals surface area contributed by atoms with Gasteiger partial charge in [0.05, 0.1) is 17.9 Å². The van der Waals surface area contributed by atoms with Gasteiger partial charge in [-0.2, -0.15) is 0 Å². The first-order valence-electron chi connectivity index (χ1n) is 6.23. The molecule has 0 aliphatic heterocycles. The summed E-state index contributed by atoms with van der Waals surface area (Å²) in [6.07, 6.45) is 2.31. The molecule has 2 rings (SSSR count). The van der Waals surface area contributed by atoms with E-state index >= 15 is 0 Å². The van der Waals surface area contributed by atoms with Gasteiger partial charge in [0.15, 0.2) is 0 Å². The number of hydrogen-bond acceptors (Lipinski definition) is 2. The average Bonchev–Trinajstić information content (AvgIpc) is 2.77. The van der Waals surface area contributed by atoms with Crippen LogP contribution in [0.5, 0.6) is 0 Å². The summed E-state index contributed by atoms with van der Waals surface area (Å²) >= 11 is 0. The highest BCUT2D eigenvalue weighted by atomic mass is 19.1. The zero-order chi connectivity index (χ0) is 14.0. The van der Waals surface area contributed by atoms with Gasteiger partial charge in [-0.3, -0.25) is 0 Å². The van der Waals surface area contributed by atoms with Crippen LogP contribution in [0.3, 0.4) is 0 Å². The summed E-state index contributed by atoms with van der Waals surface area (Å²) in [6.45, 7) is 4.15. The standard InChI is InChI=1S/C14H17F2N3/c1-8(2)5-12(17)14-18-7-13(19-14)10-4-3-9(15)6-11(10)16/h3-4,6-8,12H,5,17H2,1-2H3,(H,18,19). The van der Waals surface area contributed by atoms with E-state index in [1.165, 1.54) is 18.3 Å². The molecule has 0 saturated heterocycles. The van der Waals surface area contributed by atoms with E-state index in [9.17, 15) is 8.78 Å². The van der Waals surface area contributed by atoms with Crippen molar-refractivity contribution in [3.05, 3.63) is 41.9 Å². The fraction of sp³-hybridized carbons (Fsp3) is 0.357. The fourth-order valence-electron chi connectivity index (χ4n) is 1.99. The van der Waals surface area contributed by atoms with Crippen molar-refractivity contribution in [1.82, 2.24) is 9.97 Å². The molecule has 1 aromatic carbocycles. The van der Waals surface area contributed by atoms with Crippen LogP contribution in [0.2, 0.25) is 0 Å². The number of H-pyrrole nitrogens is 1. The van der Waals surface area contributed by atoms with Gasteiger partial charge in [0, 0.05) is 11.6 Å². The first-order valence-corrected chi connectivity index (χ1v) is 6.23. The monoisotopic (exact) mass is 265 g/mol. The van der Waals surface area contributed by atoms with E-state index in [4.69, 9.17) is 5.73 Å². The Hall–Kier alpha value is -1.75. The quantitative estimate of drug-likeness (QED) is 0.890. The van der Waals surface area contributed by atoms with Crippen LogP contribution in [0.15, 0.2) is 24.4 Å². The number of benzene rings is 1. The maximum Gasteiger partial charge on any atom is 0.135 e. The molecule has 3 nitrogen and oxygen atoms in total. The van der Waals surface area contributed by atoms with Gasteiger partial charge in [-0.05, 0) is 24.5 Å². The van der Waals surface area contributed by atoms with E-state index in [0.29, 0.717) is 17.4 Å². The Morgan fingerprint density at radius 3 is 2.68 bits per heavy atom. The zero-order valence-electron chi connectivity index (χ0n) is 11.0. The summed E-state index contributed by atoms with van der Waals surface area (Å²) in [6, 6.07) is 3.24. The number of rotatable bonds is 4. The van der Waals surface area contributed by atoms with Crippen molar-refractivity contribution in [3.63, 3.8) is 0 Å². The molecule has 0 bridgehead atoms. The van der Waals surface area contributed by atoms with Crippen molar-refractivity contribution in [2.45, 2.75) is 26.3 Å². The molecule has 0 aliphatic carbocycles. The molecule has 0 spiro atoms. The van der Waals surface area contributed by atoms with Gasteiger partial charge in [0.1, 0.15) is 17.5 Å². The van der Waals surface area contributed by atoms with Crippen molar-refractivity contribution in [2.24, 2.45) is 11.7 Å². The number of nitrogens with one attached hydrogen (secondary N) is 1. The van der Waals surface area contributed by atoms with E-state index in [1.807, 2.05) is 0 Å². The fourth-order valence-corrected chi connectivity index (χ4v) is 1.99. The second-order valence-electron chi connectivity index (χ2n) is 5.04. The topological polar surface area (TPSA) is 54.7 Å². The van der Waals surface area contributed by atoms with Crippen LogP contribution in [0, 0.1) is 17.6 Å². The largest absolute Gasteiger partial charge is 0.341 e. The van der Waals surface area contributed by atoms with Crippen LogP contribution in [-0.4, -0.2) is 9.97 Å². The molecule has 1 unspecified atom stereocenters. The van der Waals surface area contributed by atoms with Crippen LogP contribution in [0.25, 0.3) is 11.3 Å². The maximum atomic E-state index is 13.6. The van der Waals surface area contributed by atoms with Crippen molar-refractivity contribution < 1.29 is 8.78 Å². The van der Waals surface area contributed by atoms with Gasteiger partial charge in [0.2, 0.25) is 0 Å². The van der Waals surface area contributed by atoms with Gasteiger partial charge >= 0.3 is 0 Å². The molecule has 0 saturated carbocycles. The SMILES string of the molecule is CC(C)CC(N)c1ncc(-c2ccc(F)cc2F)[nH]1. The molecule has 0 radical (unpaired) electrons. The van der Waals surface area contributed by atoms with E-state index < -0.39 is 11.6 Å². The number of aromatic amines is 1. The lowest BCUT2D eigenvalue weighted by Crippen LogP contribution is -2.14. The van der Waals surface area contributed by atoms with Gasteiger partial charge in [0.25, 0.3) is 0 Å². The average molecular weight is 265 g/mol. The third-order valence-electron chi connectivity index (χ3n) is 2.89. The molecule has 1 aromatic heterocycles. The minimum absolute atomic E-state index is 0.211. The second-order valence-corrected chi connectivity index (χ2v) is 5.04. The minimum Gasteiger partial charge on any atom is -0.341 e. The molecular weight excluding hydrogens is 248 g/mol. The predicted octanol–water partition coefficient (Wildman–Crippen LogP) is 3.40. The van der Waals surface area contributed by atoms with Gasteiger partial charge in [-0.25, -0.2) is 13.8 Å². The Bertz CT molecular complexity index is 564. The smallest absolute Gasteiger partial charge is 0.135 e. The number of halogens is 2. The summed E-state index contributed by atoms with van der Waals surface area (Å²) in [5, 5.41) is 0. The lowest BCUT2D eigenvalue weighted by molar-refractivity contribution is 0.496. The van der Waals surface area contributed by atoms with Crippen LogP contribution in [-0.2, 0) is 0 Å². The maximum absolute atomic E-state index is 13.6. The summed E-state index contributed by atoms with van der Waals surface area (Å²) in [5.74, 6) is -0.149. The predicted molar refractivity (Wildman–Crippen MR) is 70.3 cm³/mol. The van der Waals surface area contributed by atoms with Crippen LogP contribution >= 0.6 is 0 Å². The number of nitrogens with two attached hydrogens (primary N) is 1. The van der Waals surface area contributed by atoms with E-state index in [0.717, 1.165) is 12.5 Å². The molecule has 0 aliphatic rings. The van der Waals surface area contributed by atoms with Gasteiger partial charge in [-0.1, -0.05) is 13.8 Å². The van der Waals surface area contributed by atoms with Crippen molar-refractivity contribution in [1.29, 1.82) is 0 Å². The summed E-state index contributed by atoms with van der Waals surface area (Å²) in [7, 11) is 0. The molecule has 1 heterocycles. The molecular formula is C14H17F2N3. The van der Waals surface area contributed by atoms with E-state index in [2.05, 4.69) is 23.8 Å². The van der Waals surface area contributed by atoms with E-state index in [1.54, 1.807) is 0 Å². The molecule has 0 amide bonds. The third-order valence-corrected chi connectivity index (χ3v) is 2.89. The third kappa shape index (κ3) is 3.17. The Morgan fingerprint density at radius 2 is 2.05 bits per heavy atom. The van der Waals surface area contributed by atoms with Crippen LogP contribution in [0.4, 0.5) is 8.78 Å². The molecule has 2 aromatic rings. The Morgan fingerprint density at radius 1 is 1.32 bits per heavy atom. The molecule has 0 fully saturated rings. The Balaban J connectivity index is 2.25. The number of nitrogens with zero attached hydrogens (tertiary/aromatic N) is 1. The summed E-state index contributed by atoms with van der Waals surface area (Å²) in [4.78, 5) is 7.16. The van der Waals surface area contributed by atoms with Crippen LogP contribution < -0.4 is 5.73 Å². The molecule has 3 N–H and O–H groups in total. The van der Waals surface area contributed by atoms with Crippen molar-refractivity contribution in [3.8, 4) is 11.3 Å². The highest BCUT2D eigenvalue weighted by Gasteiger charge is 2.14. The second kappa shape index (κ2) is 5.48. The number of hydrogen-bond donors (Lipinski definition) is 2. The van der Waals surface area contributed by atoms with Crippen molar-refractivity contribution >= 4 is 0 Å². The Labute approximate surface area is 110 Å². The van der Waals surface area contributed by atoms with E-state index in [-0.39, 0.29) is 11.6 Å². The van der Waals surface area contributed by atoms with Crippen molar-refractivity contribution in [2.75, 3.05) is 0 Å². The Kier molecular flexibility index (Phi) is 3.95. The first-order chi connectivity index (χ1) is 8.97. The highest BCUT2D eigenvalue weighted by Crippen LogP contribution is 2.24. The molecule has 5 heteroatoms. The number of aromatic nitrogens is 2. The number of imidazole rings is 1.